The molecule has 0 fully saturated rings. The van der Waals surface area contributed by atoms with Gasteiger partial charge in [0.15, 0.2) is 17.2 Å². The standard InChI is InChI=1S/C19H16BrNO5/c1-23-15-9-11(10-16(24-2)17(15)25-3)8-14-19(22)26-18(21-14)12-4-6-13(20)7-5-12/h4-10H,1-3H3. The van der Waals surface area contributed by atoms with E-state index in [4.69, 9.17) is 18.9 Å². The third-order valence-electron chi connectivity index (χ3n) is 3.70. The monoisotopic (exact) mass is 417 g/mol. The van der Waals surface area contributed by atoms with Crippen molar-refractivity contribution in [3.8, 4) is 17.2 Å². The van der Waals surface area contributed by atoms with Crippen LogP contribution < -0.4 is 14.2 Å². The van der Waals surface area contributed by atoms with Gasteiger partial charge in [0.2, 0.25) is 11.6 Å². The first kappa shape index (κ1) is 18.0. The molecule has 0 N–H and O–H groups in total. The minimum absolute atomic E-state index is 0.192. The number of hydrogen-bond donors (Lipinski definition) is 0. The topological polar surface area (TPSA) is 66.4 Å². The molecule has 0 aromatic heterocycles. The molecule has 0 unspecified atom stereocenters. The average molecular weight is 418 g/mol. The summed E-state index contributed by atoms with van der Waals surface area (Å²) in [7, 11) is 4.59. The van der Waals surface area contributed by atoms with Crippen molar-refractivity contribution in [1.29, 1.82) is 0 Å². The Hall–Kier alpha value is -2.80. The first-order valence-corrected chi connectivity index (χ1v) is 8.43. The highest BCUT2D eigenvalue weighted by Gasteiger charge is 2.24. The van der Waals surface area contributed by atoms with Gasteiger partial charge in [-0.15, -0.1) is 0 Å². The van der Waals surface area contributed by atoms with E-state index in [0.717, 1.165) is 10.0 Å². The summed E-state index contributed by atoms with van der Waals surface area (Å²) in [6.45, 7) is 0. The summed E-state index contributed by atoms with van der Waals surface area (Å²) in [6, 6.07) is 10.8. The molecule has 0 saturated carbocycles. The van der Waals surface area contributed by atoms with E-state index in [1.807, 2.05) is 24.3 Å². The smallest absolute Gasteiger partial charge is 0.363 e. The Morgan fingerprint density at radius 1 is 1.00 bits per heavy atom. The van der Waals surface area contributed by atoms with E-state index in [2.05, 4.69) is 20.9 Å². The Bertz CT molecular complexity index is 878. The van der Waals surface area contributed by atoms with Gasteiger partial charge in [-0.1, -0.05) is 15.9 Å². The van der Waals surface area contributed by atoms with Gasteiger partial charge in [0.05, 0.1) is 21.3 Å². The van der Waals surface area contributed by atoms with E-state index >= 15 is 0 Å². The Labute approximate surface area is 159 Å². The average Bonchev–Trinajstić information content (AvgIpc) is 3.01. The highest BCUT2D eigenvalue weighted by molar-refractivity contribution is 9.10. The Balaban J connectivity index is 1.99. The third-order valence-corrected chi connectivity index (χ3v) is 4.23. The minimum Gasteiger partial charge on any atom is -0.493 e. The molecule has 0 saturated heterocycles. The van der Waals surface area contributed by atoms with Crippen LogP contribution in [-0.4, -0.2) is 33.2 Å². The van der Waals surface area contributed by atoms with Crippen LogP contribution in [0.5, 0.6) is 17.2 Å². The number of ether oxygens (including phenoxy) is 4. The van der Waals surface area contributed by atoms with E-state index in [1.165, 1.54) is 21.3 Å². The summed E-state index contributed by atoms with van der Waals surface area (Å²) in [6.07, 6.45) is 1.61. The zero-order valence-corrected chi connectivity index (χ0v) is 16.0. The van der Waals surface area contributed by atoms with Crippen LogP contribution in [0, 0.1) is 0 Å². The number of nitrogens with zero attached hydrogens (tertiary/aromatic N) is 1. The second kappa shape index (κ2) is 7.61. The van der Waals surface area contributed by atoms with Crippen LogP contribution in [0.2, 0.25) is 0 Å². The lowest BCUT2D eigenvalue weighted by Crippen LogP contribution is -2.05. The summed E-state index contributed by atoms with van der Waals surface area (Å²) in [5.74, 6) is 1.20. The molecule has 6 nitrogen and oxygen atoms in total. The van der Waals surface area contributed by atoms with Gasteiger partial charge in [-0.3, -0.25) is 0 Å². The van der Waals surface area contributed by atoms with E-state index < -0.39 is 5.97 Å². The van der Waals surface area contributed by atoms with E-state index in [0.29, 0.717) is 22.8 Å². The molecule has 2 aromatic rings. The zero-order chi connectivity index (χ0) is 18.7. The lowest BCUT2D eigenvalue weighted by atomic mass is 10.1. The summed E-state index contributed by atoms with van der Waals surface area (Å²) < 4.78 is 22.1. The van der Waals surface area contributed by atoms with Gasteiger partial charge >= 0.3 is 5.97 Å². The molecule has 134 valence electrons. The summed E-state index contributed by atoms with van der Waals surface area (Å²) in [4.78, 5) is 16.5. The lowest BCUT2D eigenvalue weighted by molar-refractivity contribution is -0.129. The van der Waals surface area contributed by atoms with E-state index in [-0.39, 0.29) is 11.6 Å². The molecule has 0 spiro atoms. The van der Waals surface area contributed by atoms with Crippen molar-refractivity contribution in [2.75, 3.05) is 21.3 Å². The molecule has 7 heteroatoms. The van der Waals surface area contributed by atoms with Gasteiger partial charge < -0.3 is 18.9 Å². The maximum absolute atomic E-state index is 12.2. The summed E-state index contributed by atoms with van der Waals surface area (Å²) >= 11 is 3.37. The van der Waals surface area contributed by atoms with Crippen LogP contribution in [0.1, 0.15) is 11.1 Å². The van der Waals surface area contributed by atoms with Crippen LogP contribution >= 0.6 is 15.9 Å². The minimum atomic E-state index is -0.517. The van der Waals surface area contributed by atoms with E-state index in [1.54, 1.807) is 18.2 Å². The maximum atomic E-state index is 12.2. The maximum Gasteiger partial charge on any atom is 0.363 e. The molecule has 0 aliphatic carbocycles. The van der Waals surface area contributed by atoms with Crippen LogP contribution in [0.3, 0.4) is 0 Å². The zero-order valence-electron chi connectivity index (χ0n) is 14.4. The molecule has 0 radical (unpaired) electrons. The number of carbonyl (C=O) groups is 1. The molecule has 0 amide bonds. The number of esters is 1. The SMILES string of the molecule is COc1cc(C=C2N=C(c3ccc(Br)cc3)OC2=O)cc(OC)c1OC. The van der Waals surface area contributed by atoms with Crippen molar-refractivity contribution in [3.05, 3.63) is 57.7 Å². The van der Waals surface area contributed by atoms with Crippen molar-refractivity contribution in [3.63, 3.8) is 0 Å². The van der Waals surface area contributed by atoms with Gasteiger partial charge in [-0.25, -0.2) is 9.79 Å². The number of carbonyl (C=O) groups excluding carboxylic acids is 1. The van der Waals surface area contributed by atoms with Gasteiger partial charge in [0, 0.05) is 10.0 Å². The highest BCUT2D eigenvalue weighted by Crippen LogP contribution is 2.39. The fourth-order valence-corrected chi connectivity index (χ4v) is 2.73. The second-order valence-corrected chi connectivity index (χ2v) is 6.22. The summed E-state index contributed by atoms with van der Waals surface area (Å²) in [5.41, 5.74) is 1.58. The van der Waals surface area contributed by atoms with Crippen LogP contribution in [0.25, 0.3) is 6.08 Å². The third kappa shape index (κ3) is 3.57. The van der Waals surface area contributed by atoms with E-state index in [9.17, 15) is 4.79 Å². The van der Waals surface area contributed by atoms with Crippen molar-refractivity contribution in [2.45, 2.75) is 0 Å². The number of aliphatic imine (C=N–C) groups is 1. The van der Waals surface area contributed by atoms with Gasteiger partial charge in [0.1, 0.15) is 0 Å². The summed E-state index contributed by atoms with van der Waals surface area (Å²) in [5, 5.41) is 0. The second-order valence-electron chi connectivity index (χ2n) is 5.30. The van der Waals surface area contributed by atoms with Crippen molar-refractivity contribution in [2.24, 2.45) is 4.99 Å². The highest BCUT2D eigenvalue weighted by atomic mass is 79.9. The Morgan fingerprint density at radius 3 is 2.15 bits per heavy atom. The van der Waals surface area contributed by atoms with Gasteiger partial charge in [0.25, 0.3) is 0 Å². The Morgan fingerprint density at radius 2 is 1.62 bits per heavy atom. The van der Waals surface area contributed by atoms with Crippen molar-refractivity contribution < 1.29 is 23.7 Å². The number of rotatable bonds is 5. The van der Waals surface area contributed by atoms with Crippen molar-refractivity contribution >= 4 is 33.9 Å². The fourth-order valence-electron chi connectivity index (χ4n) is 2.47. The van der Waals surface area contributed by atoms with Gasteiger partial charge in [-0.2, -0.15) is 0 Å². The number of hydrogen-bond acceptors (Lipinski definition) is 6. The normalized spacial score (nSPS) is 14.8. The van der Waals surface area contributed by atoms with Crippen LogP contribution in [0.4, 0.5) is 0 Å². The fraction of sp³-hybridized carbons (Fsp3) is 0.158. The van der Waals surface area contributed by atoms with Gasteiger partial charge in [-0.05, 0) is 48.0 Å². The first-order valence-electron chi connectivity index (χ1n) is 7.64. The van der Waals surface area contributed by atoms with Crippen LogP contribution in [-0.2, 0) is 9.53 Å². The molecular weight excluding hydrogens is 402 g/mol. The van der Waals surface area contributed by atoms with Crippen LogP contribution in [0.15, 0.2) is 51.6 Å². The van der Waals surface area contributed by atoms with Crippen molar-refractivity contribution in [1.82, 2.24) is 0 Å². The molecule has 1 aliphatic heterocycles. The quantitative estimate of drug-likeness (QED) is 0.546. The molecule has 0 atom stereocenters. The predicted molar refractivity (Wildman–Crippen MR) is 101 cm³/mol. The largest absolute Gasteiger partial charge is 0.493 e. The molecule has 0 bridgehead atoms. The molecule has 2 aromatic carbocycles. The number of methoxy groups -OCH3 is 3. The number of benzene rings is 2. The lowest BCUT2D eigenvalue weighted by Gasteiger charge is -2.12. The number of cyclic esters (lactones) is 1. The Kier molecular flexibility index (Phi) is 5.27. The number of halogens is 1. The molecule has 3 rings (SSSR count). The molecule has 1 aliphatic rings. The molecular formula is C19H16BrNO5. The molecule has 26 heavy (non-hydrogen) atoms. The first-order chi connectivity index (χ1) is 12.5. The predicted octanol–water partition coefficient (Wildman–Crippen LogP) is 3.82. The molecule has 1 heterocycles.